The van der Waals surface area contributed by atoms with Crippen molar-refractivity contribution >= 4 is 0 Å². The lowest BCUT2D eigenvalue weighted by atomic mass is 10.0. The maximum Gasteiger partial charge on any atom is 0.131 e. The number of aromatic nitrogens is 2. The molecular formula is C14H19N3O. The number of imidazole rings is 1. The Bertz CT molecular complexity index is 520. The molecule has 2 aromatic rings. The van der Waals surface area contributed by atoms with Crippen molar-refractivity contribution < 1.29 is 4.74 Å². The van der Waals surface area contributed by atoms with Crippen molar-refractivity contribution in [3.8, 4) is 17.0 Å². The molecule has 2 N–H and O–H groups in total. The van der Waals surface area contributed by atoms with Crippen molar-refractivity contribution in [1.29, 1.82) is 0 Å². The van der Waals surface area contributed by atoms with E-state index >= 15 is 0 Å². The Balaban J connectivity index is 0.000000574. The van der Waals surface area contributed by atoms with E-state index in [4.69, 9.17) is 4.74 Å². The second-order valence-corrected chi connectivity index (χ2v) is 4.14. The van der Waals surface area contributed by atoms with Gasteiger partial charge in [0.1, 0.15) is 5.75 Å². The van der Waals surface area contributed by atoms with Crippen LogP contribution in [0.15, 0.2) is 30.7 Å². The lowest BCUT2D eigenvalue weighted by Gasteiger charge is -2.20. The van der Waals surface area contributed by atoms with E-state index in [1.807, 2.05) is 24.1 Å². The summed E-state index contributed by atoms with van der Waals surface area (Å²) in [5.41, 5.74) is 8.07. The largest absolute Gasteiger partial charge is 0.493 e. The number of hydrogen-bond acceptors (Lipinski definition) is 3. The van der Waals surface area contributed by atoms with E-state index in [0.29, 0.717) is 0 Å². The quantitative estimate of drug-likeness (QED) is 0.836. The summed E-state index contributed by atoms with van der Waals surface area (Å²) >= 11 is 0. The van der Waals surface area contributed by atoms with Crippen LogP contribution < -0.4 is 10.5 Å². The smallest absolute Gasteiger partial charge is 0.131 e. The maximum atomic E-state index is 5.79. The molecule has 0 aliphatic carbocycles. The van der Waals surface area contributed by atoms with Gasteiger partial charge in [-0.25, -0.2) is 4.98 Å². The van der Waals surface area contributed by atoms with E-state index in [-0.39, 0.29) is 0 Å². The zero-order valence-electron chi connectivity index (χ0n) is 10.9. The highest BCUT2D eigenvalue weighted by atomic mass is 16.5. The number of benzene rings is 1. The van der Waals surface area contributed by atoms with Crippen LogP contribution in [0.1, 0.15) is 12.0 Å². The first-order valence-corrected chi connectivity index (χ1v) is 6.15. The van der Waals surface area contributed by atoms with Crippen LogP contribution in [0, 0.1) is 0 Å². The lowest BCUT2D eigenvalue weighted by molar-refractivity contribution is 0.289. The summed E-state index contributed by atoms with van der Waals surface area (Å²) in [5, 5.41) is 0. The molecule has 1 aliphatic rings. The fraction of sp³-hybridized carbons (Fsp3) is 0.357. The number of aryl methyl sites for hydroxylation is 2. The molecular weight excluding hydrogens is 226 g/mol. The highest BCUT2D eigenvalue weighted by molar-refractivity contribution is 5.69. The molecule has 18 heavy (non-hydrogen) atoms. The van der Waals surface area contributed by atoms with Crippen molar-refractivity contribution in [2.24, 2.45) is 12.8 Å². The van der Waals surface area contributed by atoms with Crippen LogP contribution in [-0.4, -0.2) is 23.2 Å². The molecule has 1 aromatic heterocycles. The summed E-state index contributed by atoms with van der Waals surface area (Å²) < 4.78 is 7.81. The fourth-order valence-electron chi connectivity index (χ4n) is 2.21. The molecule has 0 saturated carbocycles. The van der Waals surface area contributed by atoms with Crippen LogP contribution in [0.2, 0.25) is 0 Å². The molecule has 0 bridgehead atoms. The molecule has 4 heteroatoms. The Morgan fingerprint density at radius 2 is 2.17 bits per heavy atom. The van der Waals surface area contributed by atoms with Gasteiger partial charge in [-0.3, -0.25) is 0 Å². The van der Waals surface area contributed by atoms with Gasteiger partial charge in [-0.2, -0.15) is 0 Å². The number of hydrogen-bond donors (Lipinski definition) is 1. The Hall–Kier alpha value is -1.81. The third-order valence-corrected chi connectivity index (χ3v) is 3.03. The molecule has 0 unspecified atom stereocenters. The lowest BCUT2D eigenvalue weighted by Crippen LogP contribution is -2.09. The van der Waals surface area contributed by atoms with Crippen LogP contribution in [0.4, 0.5) is 0 Å². The molecule has 0 fully saturated rings. The van der Waals surface area contributed by atoms with Crippen LogP contribution in [0.5, 0.6) is 5.75 Å². The molecule has 0 spiro atoms. The predicted octanol–water partition coefficient (Wildman–Crippen LogP) is 1.99. The van der Waals surface area contributed by atoms with Crippen molar-refractivity contribution in [1.82, 2.24) is 9.55 Å². The van der Waals surface area contributed by atoms with E-state index in [1.165, 1.54) is 12.6 Å². The van der Waals surface area contributed by atoms with Gasteiger partial charge in [0.05, 0.1) is 24.8 Å². The molecule has 0 radical (unpaired) electrons. The Morgan fingerprint density at radius 1 is 1.33 bits per heavy atom. The van der Waals surface area contributed by atoms with E-state index in [1.54, 1.807) is 0 Å². The first kappa shape index (κ1) is 12.6. The summed E-state index contributed by atoms with van der Waals surface area (Å²) in [7, 11) is 3.50. The third kappa shape index (κ3) is 2.24. The van der Waals surface area contributed by atoms with Gasteiger partial charge in [-0.05, 0) is 31.5 Å². The number of fused-ring (bicyclic) bond motifs is 1. The van der Waals surface area contributed by atoms with Gasteiger partial charge >= 0.3 is 0 Å². The molecule has 4 nitrogen and oxygen atoms in total. The van der Waals surface area contributed by atoms with Crippen molar-refractivity contribution in [2.45, 2.75) is 12.8 Å². The fourth-order valence-corrected chi connectivity index (χ4v) is 2.21. The van der Waals surface area contributed by atoms with Gasteiger partial charge in [0, 0.05) is 12.6 Å². The van der Waals surface area contributed by atoms with Crippen LogP contribution in [0.25, 0.3) is 11.3 Å². The summed E-state index contributed by atoms with van der Waals surface area (Å²) in [5.74, 6) is 1.04. The number of rotatable bonds is 1. The predicted molar refractivity (Wildman–Crippen MR) is 72.6 cm³/mol. The standard InChI is InChI=1S/C13H14N2O.CH5N/c1-15-9-14-8-12(15)11-6-2-4-10-5-3-7-16-13(10)11;1-2/h2,4,6,8-9H,3,5,7H2,1H3;2H2,1H3. The SMILES string of the molecule is CN.Cn1cncc1-c1cccc2c1OCCC2. The zero-order chi connectivity index (χ0) is 13.0. The topological polar surface area (TPSA) is 53.1 Å². The van der Waals surface area contributed by atoms with Crippen LogP contribution >= 0.6 is 0 Å². The summed E-state index contributed by atoms with van der Waals surface area (Å²) in [4.78, 5) is 4.15. The monoisotopic (exact) mass is 245 g/mol. The molecule has 0 amide bonds. The summed E-state index contributed by atoms with van der Waals surface area (Å²) in [6.45, 7) is 0.821. The minimum Gasteiger partial charge on any atom is -0.493 e. The molecule has 0 atom stereocenters. The number of para-hydroxylation sites is 1. The minimum absolute atomic E-state index is 0.821. The Labute approximate surface area is 107 Å². The van der Waals surface area contributed by atoms with Crippen LogP contribution in [-0.2, 0) is 13.5 Å². The van der Waals surface area contributed by atoms with Gasteiger partial charge in [0.15, 0.2) is 0 Å². The van der Waals surface area contributed by atoms with Crippen LogP contribution in [0.3, 0.4) is 0 Å². The van der Waals surface area contributed by atoms with E-state index < -0.39 is 0 Å². The van der Waals surface area contributed by atoms with E-state index in [2.05, 4.69) is 28.9 Å². The molecule has 96 valence electrons. The minimum atomic E-state index is 0.821. The number of nitrogens with zero attached hydrogens (tertiary/aromatic N) is 2. The zero-order valence-corrected chi connectivity index (χ0v) is 10.9. The van der Waals surface area contributed by atoms with Gasteiger partial charge in [0.25, 0.3) is 0 Å². The van der Waals surface area contributed by atoms with Gasteiger partial charge in [0.2, 0.25) is 0 Å². The van der Waals surface area contributed by atoms with Crippen molar-refractivity contribution in [2.75, 3.05) is 13.7 Å². The van der Waals surface area contributed by atoms with E-state index in [9.17, 15) is 0 Å². The van der Waals surface area contributed by atoms with Gasteiger partial charge < -0.3 is 15.0 Å². The van der Waals surface area contributed by atoms with Crippen molar-refractivity contribution in [3.63, 3.8) is 0 Å². The Morgan fingerprint density at radius 3 is 2.89 bits per heavy atom. The van der Waals surface area contributed by atoms with Crippen molar-refractivity contribution in [3.05, 3.63) is 36.3 Å². The summed E-state index contributed by atoms with van der Waals surface area (Å²) in [6, 6.07) is 6.34. The average molecular weight is 245 g/mol. The molecule has 1 aromatic carbocycles. The third-order valence-electron chi connectivity index (χ3n) is 3.03. The first-order valence-electron chi connectivity index (χ1n) is 6.15. The average Bonchev–Trinajstić information content (AvgIpc) is 2.86. The van der Waals surface area contributed by atoms with Gasteiger partial charge in [-0.1, -0.05) is 12.1 Å². The van der Waals surface area contributed by atoms with Gasteiger partial charge in [-0.15, -0.1) is 0 Å². The number of ether oxygens (including phenoxy) is 1. The highest BCUT2D eigenvalue weighted by Gasteiger charge is 2.16. The molecule has 3 rings (SSSR count). The molecule has 2 heterocycles. The first-order chi connectivity index (χ1) is 8.86. The highest BCUT2D eigenvalue weighted by Crippen LogP contribution is 2.35. The molecule has 1 aliphatic heterocycles. The maximum absolute atomic E-state index is 5.79. The second-order valence-electron chi connectivity index (χ2n) is 4.14. The number of nitrogens with two attached hydrogens (primary N) is 1. The second kappa shape index (κ2) is 5.69. The summed E-state index contributed by atoms with van der Waals surface area (Å²) in [6.07, 6.45) is 5.92. The normalized spacial score (nSPS) is 13.1. The molecule has 0 saturated heterocycles. The van der Waals surface area contributed by atoms with E-state index in [0.717, 1.165) is 36.5 Å². The Kier molecular flexibility index (Phi) is 3.99.